The molecule has 0 aliphatic carbocycles. The van der Waals surface area contributed by atoms with Gasteiger partial charge in [-0.2, -0.15) is 0 Å². The molecule has 0 radical (unpaired) electrons. The van der Waals surface area contributed by atoms with E-state index in [2.05, 4.69) is 22.5 Å². The van der Waals surface area contributed by atoms with Crippen molar-refractivity contribution in [2.75, 3.05) is 32.8 Å². The molecule has 7 heteroatoms. The minimum absolute atomic E-state index is 0.173. The molecule has 1 aromatic rings. The summed E-state index contributed by atoms with van der Waals surface area (Å²) < 4.78 is 31.3. The van der Waals surface area contributed by atoms with Crippen LogP contribution in [0.25, 0.3) is 0 Å². The average molecular weight is 357 g/mol. The molecule has 1 aromatic carbocycles. The van der Waals surface area contributed by atoms with Gasteiger partial charge in [0.15, 0.2) is 17.6 Å². The lowest BCUT2D eigenvalue weighted by Gasteiger charge is -2.15. The summed E-state index contributed by atoms with van der Waals surface area (Å²) in [6.07, 6.45) is 2.84. The molecule has 25 heavy (non-hydrogen) atoms. The standard InChI is InChI=1S/C18H29F2N3O2/c1-3-5-14(8-10-24)13-23-18(21-4-2)22-9-11-25-15-6-7-16(19)17(20)12-15/h6-7,12,14,24H,3-5,8-11,13H2,1-2H3,(H2,21,22,23). The molecule has 0 spiro atoms. The maximum absolute atomic E-state index is 13.1. The van der Waals surface area contributed by atoms with Gasteiger partial charge < -0.3 is 20.5 Å². The molecule has 0 saturated carbocycles. The molecule has 5 nitrogen and oxygen atoms in total. The Labute approximate surface area is 148 Å². The summed E-state index contributed by atoms with van der Waals surface area (Å²) in [5, 5.41) is 15.4. The van der Waals surface area contributed by atoms with Crippen LogP contribution >= 0.6 is 0 Å². The van der Waals surface area contributed by atoms with Crippen LogP contribution in [0.3, 0.4) is 0 Å². The van der Waals surface area contributed by atoms with Crippen molar-refractivity contribution >= 4 is 5.96 Å². The van der Waals surface area contributed by atoms with Gasteiger partial charge in [-0.05, 0) is 37.8 Å². The highest BCUT2D eigenvalue weighted by atomic mass is 19.2. The Kier molecular flexibility index (Phi) is 10.6. The van der Waals surface area contributed by atoms with Gasteiger partial charge in [0.05, 0.1) is 6.54 Å². The van der Waals surface area contributed by atoms with Crippen LogP contribution in [0, 0.1) is 17.6 Å². The second kappa shape index (κ2) is 12.5. The van der Waals surface area contributed by atoms with E-state index in [0.717, 1.165) is 37.9 Å². The molecule has 3 N–H and O–H groups in total. The summed E-state index contributed by atoms with van der Waals surface area (Å²) in [5.41, 5.74) is 0. The fourth-order valence-corrected chi connectivity index (χ4v) is 2.38. The monoisotopic (exact) mass is 357 g/mol. The SMILES string of the molecule is CCCC(CCO)CN=C(NCC)NCCOc1ccc(F)c(F)c1. The largest absolute Gasteiger partial charge is 0.492 e. The van der Waals surface area contributed by atoms with Gasteiger partial charge in [-0.3, -0.25) is 4.99 Å². The predicted molar refractivity (Wildman–Crippen MR) is 95.9 cm³/mol. The number of guanidine groups is 1. The van der Waals surface area contributed by atoms with E-state index in [1.807, 2.05) is 6.92 Å². The zero-order valence-corrected chi connectivity index (χ0v) is 15.0. The summed E-state index contributed by atoms with van der Waals surface area (Å²) in [7, 11) is 0. The molecule has 0 heterocycles. The number of hydrogen-bond acceptors (Lipinski definition) is 3. The fourth-order valence-electron chi connectivity index (χ4n) is 2.38. The second-order valence-electron chi connectivity index (χ2n) is 5.74. The van der Waals surface area contributed by atoms with Crippen molar-refractivity contribution in [2.24, 2.45) is 10.9 Å². The number of aliphatic hydroxyl groups excluding tert-OH is 1. The third-order valence-electron chi connectivity index (χ3n) is 3.64. The zero-order chi connectivity index (χ0) is 18.5. The minimum atomic E-state index is -0.925. The van der Waals surface area contributed by atoms with Crippen molar-refractivity contribution in [1.82, 2.24) is 10.6 Å². The quantitative estimate of drug-likeness (QED) is 0.324. The van der Waals surface area contributed by atoms with Crippen molar-refractivity contribution in [3.8, 4) is 5.75 Å². The van der Waals surface area contributed by atoms with Gasteiger partial charge in [-0.25, -0.2) is 8.78 Å². The van der Waals surface area contributed by atoms with Crippen molar-refractivity contribution in [1.29, 1.82) is 0 Å². The van der Waals surface area contributed by atoms with E-state index in [4.69, 9.17) is 9.84 Å². The Morgan fingerprint density at radius 1 is 1.20 bits per heavy atom. The van der Waals surface area contributed by atoms with E-state index in [-0.39, 0.29) is 12.4 Å². The molecule has 0 bridgehead atoms. The van der Waals surface area contributed by atoms with Crippen molar-refractivity contribution < 1.29 is 18.6 Å². The third-order valence-corrected chi connectivity index (χ3v) is 3.64. The van der Waals surface area contributed by atoms with Crippen LogP contribution in [-0.4, -0.2) is 43.9 Å². The second-order valence-corrected chi connectivity index (χ2v) is 5.74. The van der Waals surface area contributed by atoms with Gasteiger partial charge in [-0.15, -0.1) is 0 Å². The van der Waals surface area contributed by atoms with Crippen LogP contribution in [0.15, 0.2) is 23.2 Å². The number of nitrogens with zero attached hydrogens (tertiary/aromatic N) is 1. The molecule has 142 valence electrons. The smallest absolute Gasteiger partial charge is 0.191 e. The molecule has 1 unspecified atom stereocenters. The highest BCUT2D eigenvalue weighted by Crippen LogP contribution is 2.15. The third kappa shape index (κ3) is 8.67. The molecular formula is C18H29F2N3O2. The number of aliphatic imine (C=N–C) groups is 1. The molecule has 1 rings (SSSR count). The number of benzene rings is 1. The first-order valence-electron chi connectivity index (χ1n) is 8.81. The fraction of sp³-hybridized carbons (Fsp3) is 0.611. The lowest BCUT2D eigenvalue weighted by atomic mass is 10.0. The van der Waals surface area contributed by atoms with Gasteiger partial charge >= 0.3 is 0 Å². The van der Waals surface area contributed by atoms with Gasteiger partial charge in [-0.1, -0.05) is 13.3 Å². The van der Waals surface area contributed by atoms with Gasteiger partial charge in [0.25, 0.3) is 0 Å². The number of ether oxygens (including phenoxy) is 1. The normalized spacial score (nSPS) is 12.8. The number of halogens is 2. The van der Waals surface area contributed by atoms with Crippen LogP contribution in [-0.2, 0) is 0 Å². The average Bonchev–Trinajstić information content (AvgIpc) is 2.59. The first kappa shape index (κ1) is 21.2. The number of aliphatic hydroxyl groups is 1. The first-order valence-corrected chi connectivity index (χ1v) is 8.81. The summed E-state index contributed by atoms with van der Waals surface area (Å²) in [6.45, 7) is 6.42. The van der Waals surface area contributed by atoms with Crippen molar-refractivity contribution in [3.05, 3.63) is 29.8 Å². The Bertz CT molecular complexity index is 521. The molecule has 0 aliphatic rings. The van der Waals surface area contributed by atoms with Gasteiger partial charge in [0.2, 0.25) is 0 Å². The molecule has 0 saturated heterocycles. The number of rotatable bonds is 11. The number of hydrogen-bond donors (Lipinski definition) is 3. The molecule has 0 aromatic heterocycles. The van der Waals surface area contributed by atoms with Crippen molar-refractivity contribution in [2.45, 2.75) is 33.1 Å². The highest BCUT2D eigenvalue weighted by molar-refractivity contribution is 5.79. The summed E-state index contributed by atoms with van der Waals surface area (Å²) in [6, 6.07) is 3.46. The van der Waals surface area contributed by atoms with Gasteiger partial charge in [0, 0.05) is 25.8 Å². The molecule has 1 atom stereocenters. The van der Waals surface area contributed by atoms with Crippen LogP contribution < -0.4 is 15.4 Å². The van der Waals surface area contributed by atoms with Crippen LogP contribution in [0.1, 0.15) is 33.1 Å². The molecule has 0 amide bonds. The zero-order valence-electron chi connectivity index (χ0n) is 15.0. The van der Waals surface area contributed by atoms with Crippen LogP contribution in [0.5, 0.6) is 5.75 Å². The number of nitrogens with one attached hydrogen (secondary N) is 2. The van der Waals surface area contributed by atoms with E-state index in [1.165, 1.54) is 6.07 Å². The van der Waals surface area contributed by atoms with E-state index < -0.39 is 11.6 Å². The van der Waals surface area contributed by atoms with Crippen LogP contribution in [0.4, 0.5) is 8.78 Å². The summed E-state index contributed by atoms with van der Waals surface area (Å²) >= 11 is 0. The van der Waals surface area contributed by atoms with Crippen molar-refractivity contribution in [3.63, 3.8) is 0 Å². The van der Waals surface area contributed by atoms with E-state index in [9.17, 15) is 8.78 Å². The Morgan fingerprint density at radius 2 is 2.00 bits per heavy atom. The predicted octanol–water partition coefficient (Wildman–Crippen LogP) is 2.70. The topological polar surface area (TPSA) is 65.9 Å². The Balaban J connectivity index is 2.43. The highest BCUT2D eigenvalue weighted by Gasteiger charge is 2.07. The Morgan fingerprint density at radius 3 is 2.64 bits per heavy atom. The lowest BCUT2D eigenvalue weighted by molar-refractivity contribution is 0.253. The molecule has 0 aliphatic heterocycles. The van der Waals surface area contributed by atoms with Gasteiger partial charge in [0.1, 0.15) is 12.4 Å². The summed E-state index contributed by atoms with van der Waals surface area (Å²) in [5.74, 6) is -0.490. The first-order chi connectivity index (χ1) is 12.1. The van der Waals surface area contributed by atoms with Crippen LogP contribution in [0.2, 0.25) is 0 Å². The van der Waals surface area contributed by atoms with E-state index >= 15 is 0 Å². The minimum Gasteiger partial charge on any atom is -0.492 e. The summed E-state index contributed by atoms with van der Waals surface area (Å²) in [4.78, 5) is 4.54. The van der Waals surface area contributed by atoms with E-state index in [0.29, 0.717) is 31.6 Å². The maximum Gasteiger partial charge on any atom is 0.191 e. The van der Waals surface area contributed by atoms with E-state index in [1.54, 1.807) is 0 Å². The lowest BCUT2D eigenvalue weighted by Crippen LogP contribution is -2.39. The maximum atomic E-state index is 13.1. The Hall–Kier alpha value is -1.89. The molecular weight excluding hydrogens is 328 g/mol. The molecule has 0 fully saturated rings.